The minimum Gasteiger partial charge on any atom is -0.382 e. The van der Waals surface area contributed by atoms with Crippen molar-refractivity contribution in [2.75, 3.05) is 5.32 Å². The fourth-order valence-electron chi connectivity index (χ4n) is 2.65. The summed E-state index contributed by atoms with van der Waals surface area (Å²) in [4.78, 5) is 0. The van der Waals surface area contributed by atoms with Gasteiger partial charge in [-0.25, -0.2) is 4.39 Å². The van der Waals surface area contributed by atoms with Crippen LogP contribution in [-0.2, 0) is 0 Å². The molecule has 0 bridgehead atoms. The molecule has 1 aromatic carbocycles. The first-order valence-electron chi connectivity index (χ1n) is 6.56. The molecule has 0 heterocycles. The lowest BCUT2D eigenvalue weighted by Gasteiger charge is -2.34. The molecule has 2 rings (SSSR count). The average Bonchev–Trinajstić information content (AvgIpc) is 2.36. The average molecular weight is 246 g/mol. The molecule has 1 aliphatic rings. The van der Waals surface area contributed by atoms with Crippen molar-refractivity contribution in [3.05, 3.63) is 29.6 Å². The maximum absolute atomic E-state index is 13.2. The molecule has 3 unspecified atom stereocenters. The van der Waals surface area contributed by atoms with Crippen LogP contribution in [-0.4, -0.2) is 6.04 Å². The van der Waals surface area contributed by atoms with Crippen LogP contribution in [0.3, 0.4) is 0 Å². The highest BCUT2D eigenvalue weighted by atomic mass is 19.1. The fraction of sp³-hybridized carbons (Fsp3) is 0.533. The number of hydrogen-bond donors (Lipinski definition) is 1. The first-order valence-corrected chi connectivity index (χ1v) is 6.56. The zero-order valence-corrected chi connectivity index (χ0v) is 10.9. The van der Waals surface area contributed by atoms with Gasteiger partial charge in [-0.15, -0.1) is 0 Å². The van der Waals surface area contributed by atoms with E-state index >= 15 is 0 Å². The molecule has 0 aliphatic heterocycles. The van der Waals surface area contributed by atoms with Crippen molar-refractivity contribution in [2.24, 2.45) is 11.8 Å². The molecule has 1 N–H and O–H groups in total. The zero-order chi connectivity index (χ0) is 13.1. The van der Waals surface area contributed by atoms with E-state index in [2.05, 4.69) is 19.2 Å². The van der Waals surface area contributed by atoms with Crippen LogP contribution >= 0.6 is 0 Å². The van der Waals surface area contributed by atoms with E-state index in [-0.39, 0.29) is 5.56 Å². The van der Waals surface area contributed by atoms with E-state index in [4.69, 9.17) is 5.26 Å². The van der Waals surface area contributed by atoms with E-state index in [1.165, 1.54) is 18.9 Å². The van der Waals surface area contributed by atoms with Crippen LogP contribution in [0, 0.1) is 29.0 Å². The van der Waals surface area contributed by atoms with Crippen LogP contribution in [0.15, 0.2) is 18.2 Å². The SMILES string of the molecule is CC1CCC(C)C(Nc2ccc(F)c(C#N)c2)C1. The molecule has 0 amide bonds. The zero-order valence-electron chi connectivity index (χ0n) is 10.9. The molecule has 0 spiro atoms. The predicted molar refractivity (Wildman–Crippen MR) is 70.7 cm³/mol. The van der Waals surface area contributed by atoms with Gasteiger partial charge < -0.3 is 5.32 Å². The third-order valence-corrected chi connectivity index (χ3v) is 3.90. The number of halogens is 1. The van der Waals surface area contributed by atoms with Gasteiger partial charge in [-0.2, -0.15) is 5.26 Å². The lowest BCUT2D eigenvalue weighted by Crippen LogP contribution is -2.33. The maximum atomic E-state index is 13.2. The lowest BCUT2D eigenvalue weighted by molar-refractivity contribution is 0.280. The standard InChI is InChI=1S/C15H19FN2/c1-10-3-4-11(2)15(7-10)18-13-5-6-14(16)12(8-13)9-17/h5-6,8,10-11,15,18H,3-4,7H2,1-2H3. The second kappa shape index (κ2) is 5.39. The molecule has 0 saturated heterocycles. The normalized spacial score (nSPS) is 27.6. The van der Waals surface area contributed by atoms with Crippen LogP contribution in [0.1, 0.15) is 38.7 Å². The van der Waals surface area contributed by atoms with Crippen molar-refractivity contribution in [1.29, 1.82) is 5.26 Å². The Labute approximate surface area is 108 Å². The van der Waals surface area contributed by atoms with Gasteiger partial charge in [0, 0.05) is 11.7 Å². The van der Waals surface area contributed by atoms with Gasteiger partial charge >= 0.3 is 0 Å². The third-order valence-electron chi connectivity index (χ3n) is 3.90. The minimum absolute atomic E-state index is 0.108. The number of benzene rings is 1. The summed E-state index contributed by atoms with van der Waals surface area (Å²) >= 11 is 0. The highest BCUT2D eigenvalue weighted by Gasteiger charge is 2.25. The van der Waals surface area contributed by atoms with E-state index in [0.717, 1.165) is 18.0 Å². The lowest BCUT2D eigenvalue weighted by atomic mass is 9.80. The topological polar surface area (TPSA) is 35.8 Å². The van der Waals surface area contributed by atoms with Crippen LogP contribution in [0.2, 0.25) is 0 Å². The second-order valence-corrected chi connectivity index (χ2v) is 5.45. The Balaban J connectivity index is 2.11. The summed E-state index contributed by atoms with van der Waals surface area (Å²) in [5, 5.41) is 12.3. The number of rotatable bonds is 2. The molecular weight excluding hydrogens is 227 g/mol. The van der Waals surface area contributed by atoms with Gasteiger partial charge in [-0.3, -0.25) is 0 Å². The fourth-order valence-corrected chi connectivity index (χ4v) is 2.65. The van der Waals surface area contributed by atoms with Crippen molar-refractivity contribution in [2.45, 2.75) is 39.2 Å². The Morgan fingerprint density at radius 1 is 1.33 bits per heavy atom. The Bertz CT molecular complexity index is 464. The quantitative estimate of drug-likeness (QED) is 0.858. The summed E-state index contributed by atoms with van der Waals surface area (Å²) < 4.78 is 13.2. The van der Waals surface area contributed by atoms with Crippen molar-refractivity contribution >= 4 is 5.69 Å². The summed E-state index contributed by atoms with van der Waals surface area (Å²) in [6.07, 6.45) is 3.65. The maximum Gasteiger partial charge on any atom is 0.141 e. The largest absolute Gasteiger partial charge is 0.382 e. The molecule has 1 saturated carbocycles. The smallest absolute Gasteiger partial charge is 0.141 e. The molecule has 2 nitrogen and oxygen atoms in total. The van der Waals surface area contributed by atoms with E-state index < -0.39 is 5.82 Å². The van der Waals surface area contributed by atoms with Crippen LogP contribution in [0.5, 0.6) is 0 Å². The first kappa shape index (κ1) is 12.9. The summed E-state index contributed by atoms with van der Waals surface area (Å²) in [6, 6.07) is 6.97. The highest BCUT2D eigenvalue weighted by Crippen LogP contribution is 2.30. The molecule has 1 fully saturated rings. The second-order valence-electron chi connectivity index (χ2n) is 5.45. The predicted octanol–water partition coefficient (Wildman–Crippen LogP) is 3.93. The molecule has 18 heavy (non-hydrogen) atoms. The van der Waals surface area contributed by atoms with E-state index in [1.807, 2.05) is 6.07 Å². The Morgan fingerprint density at radius 3 is 2.83 bits per heavy atom. The summed E-state index contributed by atoms with van der Waals surface area (Å²) in [6.45, 7) is 4.52. The molecule has 1 aromatic rings. The molecule has 1 aliphatic carbocycles. The molecule has 0 aromatic heterocycles. The van der Waals surface area contributed by atoms with Crippen LogP contribution in [0.4, 0.5) is 10.1 Å². The third kappa shape index (κ3) is 2.81. The van der Waals surface area contributed by atoms with Gasteiger partial charge in [0.05, 0.1) is 5.56 Å². The van der Waals surface area contributed by atoms with Crippen molar-refractivity contribution in [3.63, 3.8) is 0 Å². The van der Waals surface area contributed by atoms with E-state index in [0.29, 0.717) is 12.0 Å². The molecular formula is C15H19FN2. The summed E-state index contributed by atoms with van der Waals surface area (Å²) in [5.41, 5.74) is 0.954. The molecule has 0 radical (unpaired) electrons. The number of nitriles is 1. The minimum atomic E-state index is -0.451. The van der Waals surface area contributed by atoms with Crippen molar-refractivity contribution in [3.8, 4) is 6.07 Å². The van der Waals surface area contributed by atoms with Crippen molar-refractivity contribution in [1.82, 2.24) is 0 Å². The van der Waals surface area contributed by atoms with Gasteiger partial charge in [0.25, 0.3) is 0 Å². The highest BCUT2D eigenvalue weighted by molar-refractivity contribution is 5.50. The summed E-state index contributed by atoms with van der Waals surface area (Å²) in [7, 11) is 0. The Kier molecular flexibility index (Phi) is 3.86. The van der Waals surface area contributed by atoms with E-state index in [9.17, 15) is 4.39 Å². The van der Waals surface area contributed by atoms with Gasteiger partial charge in [0.2, 0.25) is 0 Å². The first-order chi connectivity index (χ1) is 8.60. The monoisotopic (exact) mass is 246 g/mol. The van der Waals surface area contributed by atoms with Gasteiger partial charge in [-0.1, -0.05) is 20.3 Å². The number of nitrogens with one attached hydrogen (secondary N) is 1. The summed E-state index contributed by atoms with van der Waals surface area (Å²) in [5.74, 6) is 0.902. The van der Waals surface area contributed by atoms with Gasteiger partial charge in [0.15, 0.2) is 0 Å². The number of hydrogen-bond acceptors (Lipinski definition) is 2. The van der Waals surface area contributed by atoms with Crippen LogP contribution < -0.4 is 5.32 Å². The van der Waals surface area contributed by atoms with Crippen LogP contribution in [0.25, 0.3) is 0 Å². The number of anilines is 1. The Hall–Kier alpha value is -1.56. The Morgan fingerprint density at radius 2 is 2.11 bits per heavy atom. The van der Waals surface area contributed by atoms with Crippen molar-refractivity contribution < 1.29 is 4.39 Å². The van der Waals surface area contributed by atoms with E-state index in [1.54, 1.807) is 12.1 Å². The van der Waals surface area contributed by atoms with Gasteiger partial charge in [-0.05, 0) is 42.9 Å². The molecule has 96 valence electrons. The molecule has 3 atom stereocenters. The van der Waals surface area contributed by atoms with Gasteiger partial charge in [0.1, 0.15) is 11.9 Å². The number of nitrogens with zero attached hydrogens (tertiary/aromatic N) is 1. The molecule has 3 heteroatoms.